The SMILES string of the molecule is CN(Cc1n[nH]c2c1CCCC2)C(=O)CC1CNCCO1.Cl. The number of ether oxygens (including phenoxy) is 1. The number of hydrogen-bond acceptors (Lipinski definition) is 4. The van der Waals surface area contributed by atoms with Gasteiger partial charge in [-0.1, -0.05) is 0 Å². The van der Waals surface area contributed by atoms with Crippen LogP contribution < -0.4 is 5.32 Å². The van der Waals surface area contributed by atoms with Gasteiger partial charge in [-0.2, -0.15) is 5.10 Å². The first-order valence-corrected chi connectivity index (χ1v) is 7.85. The maximum absolute atomic E-state index is 12.3. The van der Waals surface area contributed by atoms with Gasteiger partial charge in [-0.05, 0) is 31.2 Å². The van der Waals surface area contributed by atoms with Gasteiger partial charge < -0.3 is 15.0 Å². The number of amides is 1. The number of morpholine rings is 1. The van der Waals surface area contributed by atoms with E-state index in [1.54, 1.807) is 4.90 Å². The standard InChI is InChI=1S/C15H24N4O2.ClH/c1-19(15(20)8-11-9-16-6-7-21-11)10-14-12-4-2-3-5-13(12)17-18-14;/h11,16H,2-10H2,1H3,(H,17,18);1H. The van der Waals surface area contributed by atoms with Crippen LogP contribution in [0.25, 0.3) is 0 Å². The van der Waals surface area contributed by atoms with E-state index >= 15 is 0 Å². The molecule has 7 heteroatoms. The second kappa shape index (κ2) is 7.94. The van der Waals surface area contributed by atoms with Gasteiger partial charge in [-0.25, -0.2) is 0 Å². The van der Waals surface area contributed by atoms with E-state index in [0.29, 0.717) is 19.6 Å². The van der Waals surface area contributed by atoms with Crippen molar-refractivity contribution in [1.29, 1.82) is 0 Å². The van der Waals surface area contributed by atoms with Crippen LogP contribution in [0.2, 0.25) is 0 Å². The predicted octanol–water partition coefficient (Wildman–Crippen LogP) is 1.05. The molecule has 1 fully saturated rings. The summed E-state index contributed by atoms with van der Waals surface area (Å²) in [5, 5.41) is 10.8. The molecule has 1 aliphatic heterocycles. The van der Waals surface area contributed by atoms with E-state index in [0.717, 1.165) is 31.6 Å². The second-order valence-electron chi connectivity index (χ2n) is 5.99. The van der Waals surface area contributed by atoms with Crippen LogP contribution in [0.4, 0.5) is 0 Å². The molecule has 1 saturated heterocycles. The van der Waals surface area contributed by atoms with Crippen molar-refractivity contribution >= 4 is 18.3 Å². The summed E-state index contributed by atoms with van der Waals surface area (Å²) in [6.07, 6.45) is 5.06. The van der Waals surface area contributed by atoms with Gasteiger partial charge in [0.15, 0.2) is 0 Å². The first-order valence-electron chi connectivity index (χ1n) is 7.85. The Morgan fingerprint density at radius 2 is 2.23 bits per heavy atom. The number of hydrogen-bond donors (Lipinski definition) is 2. The van der Waals surface area contributed by atoms with Gasteiger partial charge in [0.05, 0.1) is 31.4 Å². The molecule has 1 aromatic heterocycles. The minimum absolute atomic E-state index is 0. The molecule has 1 aromatic rings. The van der Waals surface area contributed by atoms with Crippen molar-refractivity contribution in [3.05, 3.63) is 17.0 Å². The lowest BCUT2D eigenvalue weighted by Crippen LogP contribution is -2.41. The van der Waals surface area contributed by atoms with Crippen LogP contribution in [0.3, 0.4) is 0 Å². The van der Waals surface area contributed by atoms with Crippen LogP contribution in [0, 0.1) is 0 Å². The average molecular weight is 329 g/mol. The number of aryl methyl sites for hydroxylation is 1. The number of aromatic amines is 1. The Bertz CT molecular complexity index is 500. The molecule has 2 heterocycles. The molecule has 0 spiro atoms. The van der Waals surface area contributed by atoms with Crippen molar-refractivity contribution in [2.75, 3.05) is 26.7 Å². The van der Waals surface area contributed by atoms with Crippen LogP contribution in [0.5, 0.6) is 0 Å². The van der Waals surface area contributed by atoms with E-state index in [2.05, 4.69) is 15.5 Å². The molecule has 0 aromatic carbocycles. The first-order chi connectivity index (χ1) is 10.2. The van der Waals surface area contributed by atoms with Crippen LogP contribution >= 0.6 is 12.4 Å². The molecule has 22 heavy (non-hydrogen) atoms. The van der Waals surface area contributed by atoms with Gasteiger partial charge in [0, 0.05) is 25.8 Å². The average Bonchev–Trinajstić information content (AvgIpc) is 2.91. The highest BCUT2D eigenvalue weighted by Gasteiger charge is 2.22. The lowest BCUT2D eigenvalue weighted by molar-refractivity contribution is -0.134. The van der Waals surface area contributed by atoms with Crippen molar-refractivity contribution in [2.24, 2.45) is 0 Å². The second-order valence-corrected chi connectivity index (χ2v) is 5.99. The number of aromatic nitrogens is 2. The Hall–Kier alpha value is -1.11. The largest absolute Gasteiger partial charge is 0.375 e. The Morgan fingerprint density at radius 3 is 3.00 bits per heavy atom. The molecule has 6 nitrogen and oxygen atoms in total. The summed E-state index contributed by atoms with van der Waals surface area (Å²) in [4.78, 5) is 14.1. The molecule has 0 saturated carbocycles. The predicted molar refractivity (Wildman–Crippen MR) is 86.2 cm³/mol. The van der Waals surface area contributed by atoms with Gasteiger partial charge >= 0.3 is 0 Å². The topological polar surface area (TPSA) is 70.2 Å². The maximum Gasteiger partial charge on any atom is 0.225 e. The van der Waals surface area contributed by atoms with Crippen molar-refractivity contribution in [3.8, 4) is 0 Å². The zero-order chi connectivity index (χ0) is 14.7. The Morgan fingerprint density at radius 1 is 1.41 bits per heavy atom. The van der Waals surface area contributed by atoms with E-state index < -0.39 is 0 Å². The molecule has 124 valence electrons. The minimum atomic E-state index is 0. The third kappa shape index (κ3) is 4.00. The van der Waals surface area contributed by atoms with E-state index in [1.165, 1.54) is 24.1 Å². The van der Waals surface area contributed by atoms with Crippen LogP contribution in [0.15, 0.2) is 0 Å². The zero-order valence-corrected chi connectivity index (χ0v) is 13.9. The number of carbonyl (C=O) groups excluding carboxylic acids is 1. The summed E-state index contributed by atoms with van der Waals surface area (Å²) in [7, 11) is 1.85. The fourth-order valence-corrected chi connectivity index (χ4v) is 3.09. The molecule has 0 bridgehead atoms. The monoisotopic (exact) mass is 328 g/mol. The number of halogens is 1. The van der Waals surface area contributed by atoms with Gasteiger partial charge in [0.25, 0.3) is 0 Å². The van der Waals surface area contributed by atoms with E-state index in [4.69, 9.17) is 4.74 Å². The Labute approximate surface area is 137 Å². The Balaban J connectivity index is 0.00000176. The molecule has 3 rings (SSSR count). The molecule has 1 amide bonds. The smallest absolute Gasteiger partial charge is 0.225 e. The molecular formula is C15H25ClN4O2. The number of rotatable bonds is 4. The van der Waals surface area contributed by atoms with Crippen molar-refractivity contribution in [3.63, 3.8) is 0 Å². The summed E-state index contributed by atoms with van der Waals surface area (Å²) in [5.74, 6) is 0.122. The first kappa shape index (κ1) is 17.2. The number of carbonyl (C=O) groups is 1. The summed E-state index contributed by atoms with van der Waals surface area (Å²) >= 11 is 0. The summed E-state index contributed by atoms with van der Waals surface area (Å²) in [6.45, 7) is 2.91. The van der Waals surface area contributed by atoms with Gasteiger partial charge in [-0.15, -0.1) is 12.4 Å². The Kier molecular flexibility index (Phi) is 6.23. The molecule has 0 radical (unpaired) electrons. The van der Waals surface area contributed by atoms with E-state index in [1.807, 2.05) is 7.05 Å². The highest BCUT2D eigenvalue weighted by molar-refractivity contribution is 5.85. The van der Waals surface area contributed by atoms with Gasteiger partial charge in [0.1, 0.15) is 0 Å². The number of fused-ring (bicyclic) bond motifs is 1. The van der Waals surface area contributed by atoms with Crippen LogP contribution in [-0.2, 0) is 28.9 Å². The van der Waals surface area contributed by atoms with Gasteiger partial charge in [-0.3, -0.25) is 9.89 Å². The maximum atomic E-state index is 12.3. The fraction of sp³-hybridized carbons (Fsp3) is 0.733. The summed E-state index contributed by atoms with van der Waals surface area (Å²) in [5.41, 5.74) is 3.62. The molecular weight excluding hydrogens is 304 g/mol. The number of nitrogens with zero attached hydrogens (tertiary/aromatic N) is 2. The molecule has 1 unspecified atom stereocenters. The van der Waals surface area contributed by atoms with Crippen molar-refractivity contribution in [1.82, 2.24) is 20.4 Å². The zero-order valence-electron chi connectivity index (χ0n) is 13.1. The number of H-pyrrole nitrogens is 1. The minimum Gasteiger partial charge on any atom is -0.375 e. The highest BCUT2D eigenvalue weighted by Crippen LogP contribution is 2.23. The van der Waals surface area contributed by atoms with Crippen LogP contribution in [-0.4, -0.2) is 53.9 Å². The van der Waals surface area contributed by atoms with E-state index in [9.17, 15) is 4.79 Å². The molecule has 1 atom stereocenters. The molecule has 2 aliphatic rings. The van der Waals surface area contributed by atoms with Crippen LogP contribution in [0.1, 0.15) is 36.2 Å². The summed E-state index contributed by atoms with van der Waals surface area (Å²) < 4.78 is 5.59. The molecule has 1 aliphatic carbocycles. The lowest BCUT2D eigenvalue weighted by Gasteiger charge is -2.25. The van der Waals surface area contributed by atoms with Crippen molar-refractivity contribution < 1.29 is 9.53 Å². The third-order valence-corrected chi connectivity index (χ3v) is 4.36. The van der Waals surface area contributed by atoms with E-state index in [-0.39, 0.29) is 24.4 Å². The summed E-state index contributed by atoms with van der Waals surface area (Å²) in [6, 6.07) is 0. The highest BCUT2D eigenvalue weighted by atomic mass is 35.5. The third-order valence-electron chi connectivity index (χ3n) is 4.36. The quantitative estimate of drug-likeness (QED) is 0.866. The number of nitrogens with one attached hydrogen (secondary N) is 2. The fourth-order valence-electron chi connectivity index (χ4n) is 3.09. The van der Waals surface area contributed by atoms with Crippen molar-refractivity contribution in [2.45, 2.75) is 44.8 Å². The lowest BCUT2D eigenvalue weighted by atomic mass is 9.96. The van der Waals surface area contributed by atoms with Gasteiger partial charge in [0.2, 0.25) is 5.91 Å². The normalized spacial score (nSPS) is 20.9. The molecule has 2 N–H and O–H groups in total.